The summed E-state index contributed by atoms with van der Waals surface area (Å²) in [7, 11) is 0. The second kappa shape index (κ2) is 5.72. The summed E-state index contributed by atoms with van der Waals surface area (Å²) in [5.74, 6) is 0.809. The van der Waals surface area contributed by atoms with Gasteiger partial charge in [-0.1, -0.05) is 44.0 Å². The Morgan fingerprint density at radius 1 is 1.12 bits per heavy atom. The fraction of sp³-hybridized carbons (Fsp3) is 0.600. The summed E-state index contributed by atoms with van der Waals surface area (Å²) in [6.07, 6.45) is 7.44. The Balaban J connectivity index is 1.92. The first-order valence-electron chi connectivity index (χ1n) is 6.50. The second-order valence-corrected chi connectivity index (χ2v) is 5.62. The second-order valence-electron chi connectivity index (χ2n) is 5.00. The van der Waals surface area contributed by atoms with Crippen LogP contribution in [0.3, 0.4) is 0 Å². The summed E-state index contributed by atoms with van der Waals surface area (Å²) < 4.78 is 0. The molecule has 88 valence electrons. The van der Waals surface area contributed by atoms with E-state index in [1.54, 1.807) is 0 Å². The minimum atomic E-state index is 0.425. The Labute approximate surface area is 104 Å². The van der Waals surface area contributed by atoms with E-state index >= 15 is 0 Å². The van der Waals surface area contributed by atoms with Gasteiger partial charge in [0, 0.05) is 5.38 Å². The molecule has 0 amide bonds. The molecule has 0 aromatic heterocycles. The predicted molar refractivity (Wildman–Crippen MR) is 71.1 cm³/mol. The van der Waals surface area contributed by atoms with Gasteiger partial charge in [0.1, 0.15) is 0 Å². The predicted octanol–water partition coefficient (Wildman–Crippen LogP) is 4.59. The summed E-state index contributed by atoms with van der Waals surface area (Å²) in [6.45, 7) is 2.20. The van der Waals surface area contributed by atoms with Crippen molar-refractivity contribution in [3.63, 3.8) is 0 Å². The van der Waals surface area contributed by atoms with E-state index in [-0.39, 0.29) is 0 Å². The van der Waals surface area contributed by atoms with Crippen LogP contribution in [-0.2, 0) is 12.8 Å². The van der Waals surface area contributed by atoms with Gasteiger partial charge >= 0.3 is 0 Å². The van der Waals surface area contributed by atoms with Gasteiger partial charge in [-0.2, -0.15) is 0 Å². The van der Waals surface area contributed by atoms with Crippen molar-refractivity contribution in [3.8, 4) is 0 Å². The molecule has 1 aromatic rings. The number of alkyl halides is 1. The molecule has 1 fully saturated rings. The van der Waals surface area contributed by atoms with Gasteiger partial charge in [0.2, 0.25) is 0 Å². The molecule has 1 aromatic carbocycles. The molecule has 2 atom stereocenters. The number of benzene rings is 1. The summed E-state index contributed by atoms with van der Waals surface area (Å²) >= 11 is 6.23. The average Bonchev–Trinajstić information content (AvgIpc) is 2.30. The molecule has 0 aliphatic heterocycles. The Kier molecular flexibility index (Phi) is 4.29. The van der Waals surface area contributed by atoms with Crippen molar-refractivity contribution < 1.29 is 0 Å². The molecule has 0 radical (unpaired) electrons. The third-order valence-electron chi connectivity index (χ3n) is 3.67. The van der Waals surface area contributed by atoms with Gasteiger partial charge in [0.25, 0.3) is 0 Å². The van der Waals surface area contributed by atoms with E-state index in [1.165, 1.54) is 43.2 Å². The van der Waals surface area contributed by atoms with Crippen LogP contribution < -0.4 is 0 Å². The van der Waals surface area contributed by atoms with Crippen molar-refractivity contribution in [1.82, 2.24) is 0 Å². The Morgan fingerprint density at radius 3 is 2.44 bits per heavy atom. The highest BCUT2D eigenvalue weighted by Crippen LogP contribution is 2.30. The minimum Gasteiger partial charge on any atom is -0.123 e. The maximum atomic E-state index is 6.23. The third kappa shape index (κ3) is 3.25. The smallest absolute Gasteiger partial charge is 0.0338 e. The van der Waals surface area contributed by atoms with Crippen molar-refractivity contribution in [3.05, 3.63) is 35.4 Å². The van der Waals surface area contributed by atoms with E-state index in [9.17, 15) is 0 Å². The van der Waals surface area contributed by atoms with Gasteiger partial charge in [0.15, 0.2) is 0 Å². The largest absolute Gasteiger partial charge is 0.123 e. The van der Waals surface area contributed by atoms with Crippen molar-refractivity contribution in [2.45, 2.75) is 50.8 Å². The first-order valence-corrected chi connectivity index (χ1v) is 6.93. The molecule has 0 heterocycles. The van der Waals surface area contributed by atoms with Crippen LogP contribution >= 0.6 is 11.6 Å². The van der Waals surface area contributed by atoms with Crippen LogP contribution in [0.15, 0.2) is 24.3 Å². The van der Waals surface area contributed by atoms with E-state index in [1.807, 2.05) is 0 Å². The Morgan fingerprint density at radius 2 is 1.81 bits per heavy atom. The standard InChI is InChI=1S/C15H21Cl/c1-2-12-6-8-13(9-7-12)10-14-4-3-5-15(16)11-14/h6-9,14-15H,2-5,10-11H2,1H3. The topological polar surface area (TPSA) is 0 Å². The Hall–Kier alpha value is -0.490. The molecule has 1 saturated carbocycles. The highest BCUT2D eigenvalue weighted by atomic mass is 35.5. The number of hydrogen-bond donors (Lipinski definition) is 0. The van der Waals surface area contributed by atoms with Crippen LogP contribution in [0.2, 0.25) is 0 Å². The molecule has 0 nitrogen and oxygen atoms in total. The van der Waals surface area contributed by atoms with Crippen LogP contribution in [0.5, 0.6) is 0 Å². The fourth-order valence-corrected chi connectivity index (χ4v) is 3.06. The highest BCUT2D eigenvalue weighted by molar-refractivity contribution is 6.20. The van der Waals surface area contributed by atoms with E-state index in [2.05, 4.69) is 31.2 Å². The molecule has 0 saturated heterocycles. The fourth-order valence-electron chi connectivity index (χ4n) is 2.66. The van der Waals surface area contributed by atoms with Crippen molar-refractivity contribution in [2.75, 3.05) is 0 Å². The van der Waals surface area contributed by atoms with Crippen LogP contribution in [-0.4, -0.2) is 5.38 Å². The number of rotatable bonds is 3. The average molecular weight is 237 g/mol. The SMILES string of the molecule is CCc1ccc(CC2CCCC(Cl)C2)cc1. The van der Waals surface area contributed by atoms with E-state index in [0.29, 0.717) is 5.38 Å². The molecule has 1 heteroatoms. The summed E-state index contributed by atoms with van der Waals surface area (Å²) in [5.41, 5.74) is 2.91. The van der Waals surface area contributed by atoms with Crippen LogP contribution in [0.1, 0.15) is 43.7 Å². The monoisotopic (exact) mass is 236 g/mol. The van der Waals surface area contributed by atoms with Gasteiger partial charge in [-0.3, -0.25) is 0 Å². The van der Waals surface area contributed by atoms with Crippen molar-refractivity contribution in [1.29, 1.82) is 0 Å². The van der Waals surface area contributed by atoms with Gasteiger partial charge in [-0.05, 0) is 42.7 Å². The molecule has 0 bridgehead atoms. The lowest BCUT2D eigenvalue weighted by Crippen LogP contribution is -2.17. The first-order chi connectivity index (χ1) is 7.78. The van der Waals surface area contributed by atoms with Gasteiger partial charge < -0.3 is 0 Å². The van der Waals surface area contributed by atoms with Gasteiger partial charge in [-0.15, -0.1) is 11.6 Å². The molecule has 0 spiro atoms. The highest BCUT2D eigenvalue weighted by Gasteiger charge is 2.20. The quantitative estimate of drug-likeness (QED) is 0.674. The van der Waals surface area contributed by atoms with Crippen LogP contribution in [0.25, 0.3) is 0 Å². The summed E-state index contributed by atoms with van der Waals surface area (Å²) in [5, 5.41) is 0.425. The zero-order chi connectivity index (χ0) is 11.4. The molecule has 1 aliphatic carbocycles. The molecule has 2 unspecified atom stereocenters. The zero-order valence-electron chi connectivity index (χ0n) is 10.1. The van der Waals surface area contributed by atoms with E-state index in [4.69, 9.17) is 11.6 Å². The molecular weight excluding hydrogens is 216 g/mol. The molecule has 1 aliphatic rings. The van der Waals surface area contributed by atoms with Crippen molar-refractivity contribution in [2.24, 2.45) is 5.92 Å². The molecule has 2 rings (SSSR count). The molecular formula is C15H21Cl. The maximum absolute atomic E-state index is 6.23. The van der Waals surface area contributed by atoms with E-state index in [0.717, 1.165) is 12.3 Å². The van der Waals surface area contributed by atoms with Crippen molar-refractivity contribution >= 4 is 11.6 Å². The summed E-state index contributed by atoms with van der Waals surface area (Å²) in [4.78, 5) is 0. The Bertz CT molecular complexity index is 315. The lowest BCUT2D eigenvalue weighted by Gasteiger charge is -2.25. The van der Waals surface area contributed by atoms with E-state index < -0.39 is 0 Å². The van der Waals surface area contributed by atoms with Crippen LogP contribution in [0, 0.1) is 5.92 Å². The molecule has 0 N–H and O–H groups in total. The molecule has 16 heavy (non-hydrogen) atoms. The number of halogens is 1. The third-order valence-corrected chi connectivity index (χ3v) is 4.07. The first kappa shape index (κ1) is 12.0. The van der Waals surface area contributed by atoms with Crippen LogP contribution in [0.4, 0.5) is 0 Å². The lowest BCUT2D eigenvalue weighted by molar-refractivity contribution is 0.361. The normalized spacial score (nSPS) is 25.6. The lowest BCUT2D eigenvalue weighted by atomic mass is 9.84. The minimum absolute atomic E-state index is 0.425. The number of hydrogen-bond acceptors (Lipinski definition) is 0. The zero-order valence-corrected chi connectivity index (χ0v) is 10.8. The van der Waals surface area contributed by atoms with Gasteiger partial charge in [0.05, 0.1) is 0 Å². The van der Waals surface area contributed by atoms with Gasteiger partial charge in [-0.25, -0.2) is 0 Å². The number of aryl methyl sites for hydroxylation is 1. The maximum Gasteiger partial charge on any atom is 0.0338 e. The summed E-state index contributed by atoms with van der Waals surface area (Å²) in [6, 6.07) is 9.10.